The number of nitrogen functional groups attached to an aromatic ring is 1. The Morgan fingerprint density at radius 1 is 1.00 bits per heavy atom. The smallest absolute Gasteiger partial charge is 0.235 e. The molecule has 5 heteroatoms. The van der Waals surface area contributed by atoms with Gasteiger partial charge in [-0.2, -0.15) is 0 Å². The van der Waals surface area contributed by atoms with E-state index in [0.717, 1.165) is 16.5 Å². The van der Waals surface area contributed by atoms with Gasteiger partial charge in [-0.15, -0.1) is 0 Å². The molecule has 0 aliphatic rings. The molecule has 2 N–H and O–H groups in total. The van der Waals surface area contributed by atoms with E-state index >= 15 is 0 Å². The zero-order chi connectivity index (χ0) is 17.9. The minimum atomic E-state index is 0.0294. The molecule has 4 aromatic rings. The zero-order valence-corrected chi connectivity index (χ0v) is 14.0. The van der Waals surface area contributed by atoms with Crippen LogP contribution in [-0.2, 0) is 6.42 Å². The van der Waals surface area contributed by atoms with Gasteiger partial charge in [0, 0.05) is 23.8 Å². The highest BCUT2D eigenvalue weighted by molar-refractivity contribution is 5.94. The molecule has 0 amide bonds. The lowest BCUT2D eigenvalue weighted by Gasteiger charge is -2.08. The van der Waals surface area contributed by atoms with E-state index in [9.17, 15) is 4.79 Å². The quantitative estimate of drug-likeness (QED) is 0.600. The van der Waals surface area contributed by atoms with Crippen LogP contribution in [0.1, 0.15) is 10.4 Å². The zero-order valence-electron chi connectivity index (χ0n) is 14.0. The first-order chi connectivity index (χ1) is 12.7. The number of carbonyl (C=O) groups excluding carboxylic acids is 1. The van der Waals surface area contributed by atoms with Crippen LogP contribution in [-0.4, -0.2) is 15.5 Å². The average molecular weight is 343 g/mol. The maximum absolute atomic E-state index is 12.6. The molecule has 0 fully saturated rings. The number of rotatable bonds is 4. The SMILES string of the molecule is Nc1cc(Oc2ccc3c(ccn3C(=O)Cc3ccccc3)c2)ccn1. The summed E-state index contributed by atoms with van der Waals surface area (Å²) in [4.78, 5) is 16.6. The Bertz CT molecular complexity index is 1070. The first-order valence-electron chi connectivity index (χ1n) is 8.27. The molecule has 0 saturated heterocycles. The highest BCUT2D eigenvalue weighted by Crippen LogP contribution is 2.27. The second-order valence-electron chi connectivity index (χ2n) is 5.98. The highest BCUT2D eigenvalue weighted by atomic mass is 16.5. The van der Waals surface area contributed by atoms with Crippen LogP contribution in [0, 0.1) is 0 Å². The second-order valence-corrected chi connectivity index (χ2v) is 5.98. The van der Waals surface area contributed by atoms with Gasteiger partial charge in [-0.25, -0.2) is 4.98 Å². The third kappa shape index (κ3) is 3.28. The van der Waals surface area contributed by atoms with Gasteiger partial charge in [-0.1, -0.05) is 30.3 Å². The maximum Gasteiger partial charge on any atom is 0.235 e. The topological polar surface area (TPSA) is 70.1 Å². The van der Waals surface area contributed by atoms with Gasteiger partial charge in [0.2, 0.25) is 5.91 Å². The van der Waals surface area contributed by atoms with Crippen molar-refractivity contribution < 1.29 is 9.53 Å². The molecule has 0 aliphatic heterocycles. The van der Waals surface area contributed by atoms with Gasteiger partial charge < -0.3 is 10.5 Å². The van der Waals surface area contributed by atoms with Crippen molar-refractivity contribution in [3.63, 3.8) is 0 Å². The Morgan fingerprint density at radius 2 is 1.81 bits per heavy atom. The number of anilines is 1. The predicted octanol–water partition coefficient (Wildman–Crippen LogP) is 4.29. The molecular formula is C21H17N3O2. The Hall–Kier alpha value is -3.60. The van der Waals surface area contributed by atoms with E-state index in [4.69, 9.17) is 10.5 Å². The van der Waals surface area contributed by atoms with Crippen LogP contribution >= 0.6 is 0 Å². The maximum atomic E-state index is 12.6. The van der Waals surface area contributed by atoms with Crippen molar-refractivity contribution >= 4 is 22.6 Å². The number of aromatic nitrogens is 2. The molecule has 0 bridgehead atoms. The number of nitrogens with two attached hydrogens (primary N) is 1. The lowest BCUT2D eigenvalue weighted by molar-refractivity contribution is 0.0919. The number of ether oxygens (including phenoxy) is 1. The Kier molecular flexibility index (Phi) is 4.11. The summed E-state index contributed by atoms with van der Waals surface area (Å²) in [6, 6.07) is 20.7. The summed E-state index contributed by atoms with van der Waals surface area (Å²) in [6.07, 6.45) is 3.76. The van der Waals surface area contributed by atoms with Crippen molar-refractivity contribution in [1.29, 1.82) is 0 Å². The van der Waals surface area contributed by atoms with E-state index in [2.05, 4.69) is 4.98 Å². The van der Waals surface area contributed by atoms with E-state index in [1.54, 1.807) is 29.1 Å². The van der Waals surface area contributed by atoms with Crippen LogP contribution < -0.4 is 10.5 Å². The molecule has 2 aromatic carbocycles. The van der Waals surface area contributed by atoms with E-state index < -0.39 is 0 Å². The van der Waals surface area contributed by atoms with Gasteiger partial charge in [-0.05, 0) is 35.9 Å². The van der Waals surface area contributed by atoms with E-state index in [1.807, 2.05) is 54.6 Å². The molecular weight excluding hydrogens is 326 g/mol. The lowest BCUT2D eigenvalue weighted by atomic mass is 10.1. The standard InChI is InChI=1S/C21H17N3O2/c22-20-14-18(8-10-23-20)26-17-6-7-19-16(13-17)9-11-24(19)21(25)12-15-4-2-1-3-5-15/h1-11,13-14H,12H2,(H2,22,23). The number of hydrogen-bond acceptors (Lipinski definition) is 4. The number of benzene rings is 2. The van der Waals surface area contributed by atoms with E-state index in [0.29, 0.717) is 23.7 Å². The molecule has 128 valence electrons. The molecule has 0 atom stereocenters. The molecule has 2 heterocycles. The summed E-state index contributed by atoms with van der Waals surface area (Å²) < 4.78 is 7.50. The van der Waals surface area contributed by atoms with Gasteiger partial charge in [0.25, 0.3) is 0 Å². The summed E-state index contributed by atoms with van der Waals surface area (Å²) in [6.45, 7) is 0. The highest BCUT2D eigenvalue weighted by Gasteiger charge is 2.11. The van der Waals surface area contributed by atoms with Crippen LogP contribution in [0.15, 0.2) is 79.1 Å². The number of nitrogens with zero attached hydrogens (tertiary/aromatic N) is 2. The summed E-state index contributed by atoms with van der Waals surface area (Å²) in [5.41, 5.74) is 7.52. The first kappa shape index (κ1) is 15.9. The Morgan fingerprint density at radius 3 is 2.62 bits per heavy atom. The fourth-order valence-corrected chi connectivity index (χ4v) is 2.88. The molecule has 0 unspecified atom stereocenters. The molecule has 0 aliphatic carbocycles. The molecule has 5 nitrogen and oxygen atoms in total. The monoisotopic (exact) mass is 343 g/mol. The largest absolute Gasteiger partial charge is 0.457 e. The van der Waals surface area contributed by atoms with Crippen LogP contribution in [0.25, 0.3) is 10.9 Å². The summed E-state index contributed by atoms with van der Waals surface area (Å²) in [5.74, 6) is 1.73. The fraction of sp³-hybridized carbons (Fsp3) is 0.0476. The average Bonchev–Trinajstić information content (AvgIpc) is 3.06. The normalized spacial score (nSPS) is 10.8. The van der Waals surface area contributed by atoms with Gasteiger partial charge >= 0.3 is 0 Å². The van der Waals surface area contributed by atoms with Gasteiger partial charge in [0.1, 0.15) is 17.3 Å². The molecule has 0 spiro atoms. The van der Waals surface area contributed by atoms with Crippen molar-refractivity contribution in [2.24, 2.45) is 0 Å². The van der Waals surface area contributed by atoms with E-state index in [1.165, 1.54) is 0 Å². The lowest BCUT2D eigenvalue weighted by Crippen LogP contribution is -2.12. The van der Waals surface area contributed by atoms with Gasteiger partial charge in [0.05, 0.1) is 11.9 Å². The van der Waals surface area contributed by atoms with Crippen molar-refractivity contribution in [2.45, 2.75) is 6.42 Å². The van der Waals surface area contributed by atoms with Crippen LogP contribution in [0.2, 0.25) is 0 Å². The van der Waals surface area contributed by atoms with Gasteiger partial charge in [-0.3, -0.25) is 9.36 Å². The molecule has 26 heavy (non-hydrogen) atoms. The van der Waals surface area contributed by atoms with Crippen molar-refractivity contribution in [1.82, 2.24) is 9.55 Å². The minimum Gasteiger partial charge on any atom is -0.457 e. The van der Waals surface area contributed by atoms with Crippen molar-refractivity contribution in [3.05, 3.63) is 84.7 Å². The fourth-order valence-electron chi connectivity index (χ4n) is 2.88. The Labute approximate surface area is 150 Å². The van der Waals surface area contributed by atoms with E-state index in [-0.39, 0.29) is 5.91 Å². The summed E-state index contributed by atoms with van der Waals surface area (Å²) in [5, 5.41) is 0.936. The molecule has 0 radical (unpaired) electrons. The first-order valence-corrected chi connectivity index (χ1v) is 8.27. The summed E-state index contributed by atoms with van der Waals surface area (Å²) >= 11 is 0. The third-order valence-corrected chi connectivity index (χ3v) is 4.12. The molecule has 0 saturated carbocycles. The third-order valence-electron chi connectivity index (χ3n) is 4.12. The number of fused-ring (bicyclic) bond motifs is 1. The second kappa shape index (κ2) is 6.72. The summed E-state index contributed by atoms with van der Waals surface area (Å²) in [7, 11) is 0. The molecule has 2 aromatic heterocycles. The predicted molar refractivity (Wildman–Crippen MR) is 101 cm³/mol. The Balaban J connectivity index is 1.58. The van der Waals surface area contributed by atoms with Crippen LogP contribution in [0.5, 0.6) is 11.5 Å². The van der Waals surface area contributed by atoms with Crippen LogP contribution in [0.4, 0.5) is 5.82 Å². The number of hydrogen-bond donors (Lipinski definition) is 1. The molecule has 4 rings (SSSR count). The van der Waals surface area contributed by atoms with Crippen molar-refractivity contribution in [3.8, 4) is 11.5 Å². The van der Waals surface area contributed by atoms with Gasteiger partial charge in [0.15, 0.2) is 0 Å². The van der Waals surface area contributed by atoms with Crippen LogP contribution in [0.3, 0.4) is 0 Å². The van der Waals surface area contributed by atoms with Crippen molar-refractivity contribution in [2.75, 3.05) is 5.73 Å². The number of carbonyl (C=O) groups is 1. The number of pyridine rings is 1. The minimum absolute atomic E-state index is 0.0294.